The van der Waals surface area contributed by atoms with Crippen LogP contribution in [0.2, 0.25) is 0 Å². The van der Waals surface area contributed by atoms with Crippen LogP contribution in [0.1, 0.15) is 30.8 Å². The van der Waals surface area contributed by atoms with Gasteiger partial charge in [-0.1, -0.05) is 30.3 Å². The third-order valence-corrected chi connectivity index (χ3v) is 5.11. The Morgan fingerprint density at radius 3 is 2.65 bits per heavy atom. The van der Waals surface area contributed by atoms with Crippen molar-refractivity contribution >= 4 is 17.2 Å². The molecule has 0 radical (unpaired) electrons. The third-order valence-electron chi connectivity index (χ3n) is 4.20. The second kappa shape index (κ2) is 8.72. The molecule has 4 nitrogen and oxygen atoms in total. The van der Waals surface area contributed by atoms with E-state index in [4.69, 9.17) is 0 Å². The molecule has 0 saturated carbocycles. The van der Waals surface area contributed by atoms with Gasteiger partial charge in [0.2, 0.25) is 5.91 Å². The van der Waals surface area contributed by atoms with Crippen LogP contribution in [-0.4, -0.2) is 26.8 Å². The number of rotatable bonds is 7. The third kappa shape index (κ3) is 4.76. The van der Waals surface area contributed by atoms with E-state index in [1.165, 1.54) is 0 Å². The topological polar surface area (TPSA) is 46.1 Å². The highest BCUT2D eigenvalue weighted by atomic mass is 32.1. The van der Waals surface area contributed by atoms with Gasteiger partial charge in [-0.05, 0) is 31.5 Å². The number of pyridine rings is 1. The second-order valence-electron chi connectivity index (χ2n) is 6.47. The Bertz CT molecular complexity index is 831. The maximum Gasteiger partial charge on any atom is 0.223 e. The van der Waals surface area contributed by atoms with E-state index < -0.39 is 0 Å². The number of carbonyl (C=O) groups excluding carboxylic acids is 1. The molecule has 0 aliphatic heterocycles. The van der Waals surface area contributed by atoms with Crippen LogP contribution in [0.5, 0.6) is 0 Å². The molecule has 0 aliphatic rings. The van der Waals surface area contributed by atoms with Crippen LogP contribution in [0, 0.1) is 0 Å². The molecule has 0 atom stereocenters. The highest BCUT2D eigenvalue weighted by molar-refractivity contribution is 7.09. The molecule has 3 aromatic rings. The highest BCUT2D eigenvalue weighted by Crippen LogP contribution is 2.22. The first-order chi connectivity index (χ1) is 12.6. The first-order valence-electron chi connectivity index (χ1n) is 8.81. The Hall–Kier alpha value is -2.53. The SMILES string of the molecule is CC(C)N(Cc1ccccc1)C(=O)CCc1nc(-c2cccnc2)cs1. The van der Waals surface area contributed by atoms with Gasteiger partial charge in [-0.15, -0.1) is 11.3 Å². The number of hydrogen-bond donors (Lipinski definition) is 0. The van der Waals surface area contributed by atoms with Crippen molar-refractivity contribution in [1.29, 1.82) is 0 Å². The summed E-state index contributed by atoms with van der Waals surface area (Å²) in [6.07, 6.45) is 4.71. The Labute approximate surface area is 158 Å². The second-order valence-corrected chi connectivity index (χ2v) is 7.41. The first kappa shape index (κ1) is 18.3. The van der Waals surface area contributed by atoms with Crippen molar-refractivity contribution in [1.82, 2.24) is 14.9 Å². The molecule has 3 rings (SSSR count). The molecule has 2 heterocycles. The number of carbonyl (C=O) groups is 1. The molecule has 0 spiro atoms. The summed E-state index contributed by atoms with van der Waals surface area (Å²) in [5.74, 6) is 0.169. The van der Waals surface area contributed by atoms with Crippen molar-refractivity contribution in [3.63, 3.8) is 0 Å². The van der Waals surface area contributed by atoms with Crippen molar-refractivity contribution in [2.75, 3.05) is 0 Å². The summed E-state index contributed by atoms with van der Waals surface area (Å²) >= 11 is 1.60. The molecule has 5 heteroatoms. The van der Waals surface area contributed by atoms with Crippen molar-refractivity contribution in [3.05, 3.63) is 70.8 Å². The lowest BCUT2D eigenvalue weighted by atomic mass is 10.1. The van der Waals surface area contributed by atoms with Gasteiger partial charge in [-0.3, -0.25) is 9.78 Å². The molecule has 1 amide bonds. The lowest BCUT2D eigenvalue weighted by Gasteiger charge is -2.27. The number of nitrogens with zero attached hydrogens (tertiary/aromatic N) is 3. The van der Waals surface area contributed by atoms with E-state index in [1.807, 2.05) is 46.8 Å². The van der Waals surface area contributed by atoms with Crippen LogP contribution in [0.25, 0.3) is 11.3 Å². The van der Waals surface area contributed by atoms with E-state index >= 15 is 0 Å². The number of benzene rings is 1. The van der Waals surface area contributed by atoms with Crippen molar-refractivity contribution < 1.29 is 4.79 Å². The molecule has 0 bridgehead atoms. The lowest BCUT2D eigenvalue weighted by Crippen LogP contribution is -2.36. The average Bonchev–Trinajstić information content (AvgIpc) is 3.14. The summed E-state index contributed by atoms with van der Waals surface area (Å²) in [7, 11) is 0. The van der Waals surface area contributed by atoms with Crippen molar-refractivity contribution in [2.45, 2.75) is 39.3 Å². The highest BCUT2D eigenvalue weighted by Gasteiger charge is 2.18. The molecule has 0 unspecified atom stereocenters. The van der Waals surface area contributed by atoms with Crippen LogP contribution in [-0.2, 0) is 17.8 Å². The van der Waals surface area contributed by atoms with Gasteiger partial charge in [0.1, 0.15) is 0 Å². The molecule has 1 aromatic carbocycles. The van der Waals surface area contributed by atoms with Gasteiger partial charge in [-0.25, -0.2) is 4.98 Å². The zero-order valence-corrected chi connectivity index (χ0v) is 15.9. The van der Waals surface area contributed by atoms with Gasteiger partial charge in [0.15, 0.2) is 0 Å². The standard InChI is InChI=1S/C21H23N3OS/c1-16(2)24(14-17-7-4-3-5-8-17)21(25)11-10-20-23-19(15-26-20)18-9-6-12-22-13-18/h3-9,12-13,15-16H,10-11,14H2,1-2H3. The molecular weight excluding hydrogens is 342 g/mol. The van der Waals surface area contributed by atoms with Crippen molar-refractivity contribution in [3.8, 4) is 11.3 Å². The van der Waals surface area contributed by atoms with E-state index in [1.54, 1.807) is 17.5 Å². The summed E-state index contributed by atoms with van der Waals surface area (Å²) in [4.78, 5) is 23.4. The fourth-order valence-electron chi connectivity index (χ4n) is 2.77. The van der Waals surface area contributed by atoms with E-state index in [0.717, 1.165) is 21.8 Å². The van der Waals surface area contributed by atoms with Gasteiger partial charge in [0, 0.05) is 48.8 Å². The van der Waals surface area contributed by atoms with Gasteiger partial charge in [-0.2, -0.15) is 0 Å². The van der Waals surface area contributed by atoms with Crippen LogP contribution in [0.4, 0.5) is 0 Å². The Morgan fingerprint density at radius 1 is 1.15 bits per heavy atom. The predicted molar refractivity (Wildman–Crippen MR) is 106 cm³/mol. The minimum atomic E-state index is 0.169. The van der Waals surface area contributed by atoms with Crippen LogP contribution >= 0.6 is 11.3 Å². The largest absolute Gasteiger partial charge is 0.336 e. The van der Waals surface area contributed by atoms with E-state index in [2.05, 4.69) is 35.9 Å². The Balaban J connectivity index is 1.61. The van der Waals surface area contributed by atoms with Crippen LogP contribution in [0.15, 0.2) is 60.2 Å². The summed E-state index contributed by atoms with van der Waals surface area (Å²) in [6, 6.07) is 14.2. The average molecular weight is 366 g/mol. The molecule has 0 N–H and O–H groups in total. The van der Waals surface area contributed by atoms with Gasteiger partial charge < -0.3 is 4.90 Å². The normalized spacial score (nSPS) is 10.9. The summed E-state index contributed by atoms with van der Waals surface area (Å²) in [5.41, 5.74) is 3.09. The molecule has 0 aliphatic carbocycles. The lowest BCUT2D eigenvalue weighted by molar-refractivity contribution is -0.133. The molecule has 134 valence electrons. The Morgan fingerprint density at radius 2 is 1.96 bits per heavy atom. The fraction of sp³-hybridized carbons (Fsp3) is 0.286. The molecule has 26 heavy (non-hydrogen) atoms. The monoisotopic (exact) mass is 365 g/mol. The fourth-order valence-corrected chi connectivity index (χ4v) is 3.58. The van der Waals surface area contributed by atoms with Gasteiger partial charge in [0.05, 0.1) is 10.7 Å². The van der Waals surface area contributed by atoms with E-state index in [-0.39, 0.29) is 11.9 Å². The molecule has 2 aromatic heterocycles. The minimum absolute atomic E-state index is 0.169. The maximum absolute atomic E-state index is 12.7. The zero-order valence-electron chi connectivity index (χ0n) is 15.1. The number of amides is 1. The van der Waals surface area contributed by atoms with E-state index in [9.17, 15) is 4.79 Å². The number of aryl methyl sites for hydroxylation is 1. The predicted octanol–water partition coefficient (Wildman–Crippen LogP) is 4.57. The molecular formula is C21H23N3OS. The first-order valence-corrected chi connectivity index (χ1v) is 9.69. The minimum Gasteiger partial charge on any atom is -0.336 e. The van der Waals surface area contributed by atoms with Crippen LogP contribution < -0.4 is 0 Å². The smallest absolute Gasteiger partial charge is 0.223 e. The number of aromatic nitrogens is 2. The van der Waals surface area contributed by atoms with Gasteiger partial charge >= 0.3 is 0 Å². The van der Waals surface area contributed by atoms with Crippen molar-refractivity contribution in [2.24, 2.45) is 0 Å². The Kier molecular flexibility index (Phi) is 6.12. The molecule has 0 fully saturated rings. The molecule has 0 saturated heterocycles. The maximum atomic E-state index is 12.7. The quantitative estimate of drug-likeness (QED) is 0.616. The van der Waals surface area contributed by atoms with Crippen LogP contribution in [0.3, 0.4) is 0 Å². The van der Waals surface area contributed by atoms with E-state index in [0.29, 0.717) is 19.4 Å². The number of hydrogen-bond acceptors (Lipinski definition) is 4. The summed E-state index contributed by atoms with van der Waals surface area (Å²) in [6.45, 7) is 4.77. The zero-order chi connectivity index (χ0) is 18.4. The summed E-state index contributed by atoms with van der Waals surface area (Å²) in [5, 5.41) is 3.02. The number of thiazole rings is 1. The van der Waals surface area contributed by atoms with Gasteiger partial charge in [0.25, 0.3) is 0 Å². The summed E-state index contributed by atoms with van der Waals surface area (Å²) < 4.78 is 0.